The van der Waals surface area contributed by atoms with E-state index < -0.39 is 52.2 Å². The van der Waals surface area contributed by atoms with Crippen molar-refractivity contribution in [2.24, 2.45) is 0 Å². The van der Waals surface area contributed by atoms with Crippen LogP contribution in [0.1, 0.15) is 6.23 Å². The van der Waals surface area contributed by atoms with E-state index in [2.05, 4.69) is 15.0 Å². The molecule has 5 atom stereocenters. The summed E-state index contributed by atoms with van der Waals surface area (Å²) in [6, 6.07) is 15.5. The molecule has 1 saturated heterocycles. The van der Waals surface area contributed by atoms with Gasteiger partial charge in [-0.05, 0) is 23.7 Å². The van der Waals surface area contributed by atoms with Crippen LogP contribution in [0.2, 0.25) is 5.28 Å². The van der Waals surface area contributed by atoms with Gasteiger partial charge in [0.25, 0.3) is 0 Å². The van der Waals surface area contributed by atoms with E-state index in [1.165, 1.54) is 10.9 Å². The number of para-hydroxylation sites is 2. The number of halogens is 1. The maximum Gasteiger partial charge on any atom is 0.340 e. The Bertz CT molecular complexity index is 1800. The van der Waals surface area contributed by atoms with Crippen LogP contribution in [0.25, 0.3) is 38.8 Å². The Morgan fingerprint density at radius 1 is 0.950 bits per heavy atom. The number of nitrogens with zero attached hydrogens (tertiary/aromatic N) is 5. The molecule has 6 rings (SSSR count). The molecule has 210 valence electrons. The fourth-order valence-corrected chi connectivity index (χ4v) is 7.66. The van der Waals surface area contributed by atoms with Crippen LogP contribution in [0.5, 0.6) is 0 Å². The highest BCUT2D eigenvalue weighted by Crippen LogP contribution is 2.55. The van der Waals surface area contributed by atoms with Gasteiger partial charge in [-0.2, -0.15) is 9.97 Å². The van der Waals surface area contributed by atoms with Crippen LogP contribution < -0.4 is 0 Å². The van der Waals surface area contributed by atoms with Crippen LogP contribution in [0.15, 0.2) is 54.9 Å². The molecule has 40 heavy (non-hydrogen) atoms. The summed E-state index contributed by atoms with van der Waals surface area (Å²) < 4.78 is 36.9. The number of aliphatic hydroxyl groups is 2. The van der Waals surface area contributed by atoms with Gasteiger partial charge in [-0.3, -0.25) is 18.3 Å². The maximum absolute atomic E-state index is 12.0. The first-order valence-electron chi connectivity index (χ1n) is 11.8. The molecular weight excluding hydrogens is 588 g/mol. The maximum atomic E-state index is 12.0. The lowest BCUT2D eigenvalue weighted by molar-refractivity contribution is -0.0483. The van der Waals surface area contributed by atoms with E-state index in [1.54, 1.807) is 0 Å². The van der Waals surface area contributed by atoms with Crippen molar-refractivity contribution in [3.05, 3.63) is 60.1 Å². The molecule has 2 unspecified atom stereocenters. The summed E-state index contributed by atoms with van der Waals surface area (Å²) in [5.41, 5.74) is 2.21. The third-order valence-electron chi connectivity index (χ3n) is 6.58. The van der Waals surface area contributed by atoms with E-state index in [-0.39, 0.29) is 10.9 Å². The molecule has 0 amide bonds. The van der Waals surface area contributed by atoms with Crippen LogP contribution in [0.3, 0.4) is 0 Å². The number of benzene rings is 2. The highest BCUT2D eigenvalue weighted by atomic mass is 35.5. The predicted octanol–water partition coefficient (Wildman–Crippen LogP) is 2.53. The second-order valence-electron chi connectivity index (χ2n) is 9.30. The SMILES string of the molecule is O=P(O)(O)CP(=O)(O)OC[C@H]1O[C@@H](n2cnc3c(-n4c5ccccc5c5ccccc54)nc(Cl)nc32)[C@@H](O)C1O. The lowest BCUT2D eigenvalue weighted by Gasteiger charge is -2.18. The van der Waals surface area contributed by atoms with Crippen molar-refractivity contribution < 1.29 is 43.3 Å². The fraction of sp³-hybridized carbons (Fsp3) is 0.261. The lowest BCUT2D eigenvalue weighted by Crippen LogP contribution is -2.33. The van der Waals surface area contributed by atoms with Crippen LogP contribution in [-0.4, -0.2) is 79.8 Å². The van der Waals surface area contributed by atoms with Crippen LogP contribution in [0.4, 0.5) is 0 Å². The summed E-state index contributed by atoms with van der Waals surface area (Å²) in [6.07, 6.45) is -4.36. The number of rotatable bonds is 7. The quantitative estimate of drug-likeness (QED) is 0.133. The Balaban J connectivity index is 1.38. The van der Waals surface area contributed by atoms with Crippen molar-refractivity contribution in [3.8, 4) is 5.82 Å². The third-order valence-corrected chi connectivity index (χ3v) is 10.2. The van der Waals surface area contributed by atoms with Crippen molar-refractivity contribution in [2.75, 3.05) is 12.5 Å². The Hall–Kier alpha value is -2.74. The molecule has 5 N–H and O–H groups in total. The molecule has 0 radical (unpaired) electrons. The average molecular weight is 610 g/mol. The lowest BCUT2D eigenvalue weighted by atomic mass is 10.1. The molecule has 0 aliphatic carbocycles. The Labute approximate surface area is 230 Å². The van der Waals surface area contributed by atoms with Gasteiger partial charge in [-0.1, -0.05) is 36.4 Å². The van der Waals surface area contributed by atoms with E-state index in [9.17, 15) is 24.2 Å². The minimum atomic E-state index is -4.85. The van der Waals surface area contributed by atoms with Gasteiger partial charge in [0.15, 0.2) is 29.1 Å². The summed E-state index contributed by atoms with van der Waals surface area (Å²) in [6.45, 7) is -0.725. The van der Waals surface area contributed by atoms with Gasteiger partial charge < -0.3 is 34.2 Å². The van der Waals surface area contributed by atoms with Gasteiger partial charge in [0.2, 0.25) is 5.28 Å². The van der Waals surface area contributed by atoms with E-state index >= 15 is 0 Å². The predicted molar refractivity (Wildman–Crippen MR) is 143 cm³/mol. The van der Waals surface area contributed by atoms with Gasteiger partial charge in [0.05, 0.1) is 24.0 Å². The largest absolute Gasteiger partial charge is 0.387 e. The molecule has 0 saturated carbocycles. The number of aliphatic hydroxyl groups excluding tert-OH is 2. The van der Waals surface area contributed by atoms with E-state index in [0.717, 1.165) is 21.8 Å². The average Bonchev–Trinajstić information content (AvgIpc) is 3.53. The smallest absolute Gasteiger partial charge is 0.340 e. The van der Waals surface area contributed by atoms with E-state index in [0.29, 0.717) is 11.3 Å². The molecule has 1 fully saturated rings. The second-order valence-corrected chi connectivity index (χ2v) is 13.6. The normalized spacial score (nSPS) is 23.4. The molecule has 5 aromatic rings. The summed E-state index contributed by atoms with van der Waals surface area (Å²) in [7, 11) is -9.56. The first-order chi connectivity index (χ1) is 18.9. The molecule has 4 heterocycles. The topological polar surface area (TPSA) is 202 Å². The van der Waals surface area contributed by atoms with Crippen molar-refractivity contribution >= 4 is 59.8 Å². The van der Waals surface area contributed by atoms with Crippen molar-refractivity contribution in [1.82, 2.24) is 24.1 Å². The Morgan fingerprint density at radius 2 is 1.57 bits per heavy atom. The Morgan fingerprint density at radius 3 is 2.20 bits per heavy atom. The number of imidazole rings is 1. The molecular formula is C23H22ClN5O9P2. The van der Waals surface area contributed by atoms with Gasteiger partial charge in [-0.25, -0.2) is 4.98 Å². The molecule has 2 aromatic carbocycles. The minimum Gasteiger partial charge on any atom is -0.387 e. The standard InChI is InChI=1S/C23H22ClN5O9P2/c24-23-26-20-17(21(27-23)29-14-7-3-1-5-12(14)13-6-2-4-8-15(13)29)25-10-28(20)22-19(31)18(30)16(38-22)9-37-40(35,36)11-39(32,33)34/h1-8,10,16,18-19,22,30-31H,9,11H2,(H,35,36)(H2,32,33,34)/t16-,18?,19+,22-/m1/s1. The molecule has 1 aliphatic heterocycles. The number of hydrogen-bond donors (Lipinski definition) is 5. The van der Waals surface area contributed by atoms with Crippen molar-refractivity contribution in [1.29, 1.82) is 0 Å². The molecule has 0 spiro atoms. The minimum absolute atomic E-state index is 0.113. The number of hydrogen-bond acceptors (Lipinski definition) is 9. The zero-order valence-electron chi connectivity index (χ0n) is 20.3. The number of fused-ring (bicyclic) bond motifs is 4. The monoisotopic (exact) mass is 609 g/mol. The van der Waals surface area contributed by atoms with Crippen molar-refractivity contribution in [2.45, 2.75) is 24.5 Å². The zero-order chi connectivity index (χ0) is 28.4. The van der Waals surface area contributed by atoms with E-state index in [1.807, 2.05) is 53.1 Å². The number of aromatic nitrogens is 5. The van der Waals surface area contributed by atoms with E-state index in [4.69, 9.17) is 30.6 Å². The molecule has 0 bridgehead atoms. The highest BCUT2D eigenvalue weighted by molar-refractivity contribution is 7.70. The summed E-state index contributed by atoms with van der Waals surface area (Å²) in [4.78, 5) is 40.9. The van der Waals surface area contributed by atoms with Gasteiger partial charge in [-0.15, -0.1) is 0 Å². The molecule has 1 aliphatic rings. The van der Waals surface area contributed by atoms with Gasteiger partial charge in [0, 0.05) is 10.8 Å². The molecule has 3 aromatic heterocycles. The summed E-state index contributed by atoms with van der Waals surface area (Å²) >= 11 is 6.35. The zero-order valence-corrected chi connectivity index (χ0v) is 22.8. The third kappa shape index (κ3) is 4.86. The Kier molecular flexibility index (Phi) is 6.83. The van der Waals surface area contributed by atoms with Crippen molar-refractivity contribution in [3.63, 3.8) is 0 Å². The number of ether oxygens (including phenoxy) is 1. The van der Waals surface area contributed by atoms with Crippen LogP contribution in [-0.2, 0) is 18.4 Å². The molecule has 14 nitrogen and oxygen atoms in total. The fourth-order valence-electron chi connectivity index (χ4n) is 4.93. The van der Waals surface area contributed by atoms with Gasteiger partial charge in [0.1, 0.15) is 18.3 Å². The summed E-state index contributed by atoms with van der Waals surface area (Å²) in [5.74, 6) is -1.03. The summed E-state index contributed by atoms with van der Waals surface area (Å²) in [5, 5.41) is 23.2. The van der Waals surface area contributed by atoms with Gasteiger partial charge >= 0.3 is 15.2 Å². The van der Waals surface area contributed by atoms with Crippen LogP contribution >= 0.6 is 26.8 Å². The first kappa shape index (κ1) is 27.4. The van der Waals surface area contributed by atoms with Crippen LogP contribution in [0, 0.1) is 0 Å². The second kappa shape index (κ2) is 9.97. The highest BCUT2D eigenvalue weighted by Gasteiger charge is 2.46. The molecule has 17 heteroatoms. The first-order valence-corrected chi connectivity index (χ1v) is 15.8.